The summed E-state index contributed by atoms with van der Waals surface area (Å²) in [5, 5.41) is 67.1. The van der Waals surface area contributed by atoms with Gasteiger partial charge in [-0.25, -0.2) is 9.59 Å². The molecule has 0 spiro atoms. The number of ether oxygens (including phenoxy) is 18. The fraction of sp³-hybridized carbons (Fsp3) is 0.860. The van der Waals surface area contributed by atoms with Gasteiger partial charge in [-0.1, -0.05) is 99.6 Å². The summed E-state index contributed by atoms with van der Waals surface area (Å²) in [5.74, 6) is -12.7. The van der Waals surface area contributed by atoms with E-state index in [4.69, 9.17) is 99.4 Å². The summed E-state index contributed by atoms with van der Waals surface area (Å²) in [6, 6.07) is -0.723. The fourth-order valence-corrected chi connectivity index (χ4v) is 21.2. The SMILES string of the molecule is C=C(CO)CO[C@]1(C)C[C@@H](C)/C(=N\OC(C)=O)[C@H](C)[C@@H](O)[C@](C)(O)[C@@H](CC)OC(=O)[C@H](C)[C@@H](OC2C[C@@](C)(OC)[C@@H](OC(C)=O)[C@H](C)O2)[C@H](C)[C@H]1O[C@@H]1O[C@H](C)C[C@H](N(C)C)[C@H]1OC(C)=O.C=C(CO[C@]1(C)C[C@@H](C)/C(=N\OC(C)=O)[C@H](C)[C@@H](O)[C@](C)(O)[C@@H](CC)OC(=O)[C@H](C)[C@@H](OC2C[C@@](C)(OC)[C@@H](OC(C)=O)[C@H](C)O2)[C@H](C)[C@H]1O[C@@H]1O[C@H](C)C[C@H](N(C)C)[C@H]1OC(C)=O)CO[Si](C)(C)C(C)(C)C. The number of carbonyl (C=O) groups excluding carboxylic acids is 8. The van der Waals surface area contributed by atoms with Crippen molar-refractivity contribution in [3.63, 3.8) is 0 Å². The first-order valence-electron chi connectivity index (χ1n) is 49.0. The third kappa shape index (κ3) is 32.2. The molecule has 39 heteroatoms. The van der Waals surface area contributed by atoms with E-state index in [9.17, 15) is 63.9 Å². The monoisotopic (exact) mass is 2000 g/mol. The van der Waals surface area contributed by atoms with Crippen molar-refractivity contribution in [3.8, 4) is 0 Å². The summed E-state index contributed by atoms with van der Waals surface area (Å²) in [6.07, 6.45) is -19.5. The van der Waals surface area contributed by atoms with Gasteiger partial charge in [0, 0.05) is 104 Å². The number of aliphatic hydroxyl groups is 5. The van der Waals surface area contributed by atoms with Crippen LogP contribution in [0.15, 0.2) is 34.6 Å². The van der Waals surface area contributed by atoms with Crippen LogP contribution in [0.25, 0.3) is 0 Å². The van der Waals surface area contributed by atoms with Crippen LogP contribution in [-0.4, -0.2) is 340 Å². The van der Waals surface area contributed by atoms with Gasteiger partial charge in [0.1, 0.15) is 34.6 Å². The third-order valence-electron chi connectivity index (χ3n) is 29.2. The van der Waals surface area contributed by atoms with Gasteiger partial charge in [-0.05, 0) is 179 Å². The van der Waals surface area contributed by atoms with E-state index in [1.807, 2.05) is 72.6 Å². The van der Waals surface area contributed by atoms with Crippen LogP contribution in [0, 0.1) is 47.3 Å². The Morgan fingerprint density at radius 1 is 0.468 bits per heavy atom. The molecule has 0 amide bonds. The molecule has 0 aromatic heterocycles. The van der Waals surface area contributed by atoms with Gasteiger partial charge in [-0.2, -0.15) is 0 Å². The van der Waals surface area contributed by atoms with Gasteiger partial charge in [0.05, 0.1) is 134 Å². The van der Waals surface area contributed by atoms with Crippen molar-refractivity contribution < 1.29 is 163 Å². The van der Waals surface area contributed by atoms with Crippen molar-refractivity contribution in [2.45, 2.75) is 439 Å². The highest BCUT2D eigenvalue weighted by molar-refractivity contribution is 6.74. The van der Waals surface area contributed by atoms with Crippen LogP contribution in [0.5, 0.6) is 0 Å². The molecule has 6 saturated heterocycles. The maximum absolute atomic E-state index is 14.9. The van der Waals surface area contributed by atoms with Crippen LogP contribution in [0.4, 0.5) is 0 Å². The molecule has 6 aliphatic rings. The predicted molar refractivity (Wildman–Crippen MR) is 515 cm³/mol. The second kappa shape index (κ2) is 51.9. The Bertz CT molecular complexity index is 4110. The summed E-state index contributed by atoms with van der Waals surface area (Å²) in [5.41, 5.74) is -8.04. The standard InChI is InChI=1S/C53H94N2O17Si.C47H80N2O17/c1-23-40-53(17,61)45(59)32(5)42(54-72-38(11)58)30(3)25-52(16,63-27-29(2)28-64-73(21,22)50(12,13)14)46(71-49-44(67-36(9)56)39(55(18)19)24-31(4)65-49)33(6)43(34(7)48(60)69-40)70-41-26-51(15,62-20)47(35(8)66-41)68-37(10)57;1-18-35-47(14,56)40(54)27(5)37(48-66-33(11)53)25(3)20-46(13,58-23-24(2)22-50)41(65-44-39(61-31(9)51)34(49(15)16)19-26(4)59-44)28(6)38(29(7)43(55)63-35)64-36-21-45(12,57-17)42(30(8)60-36)62-32(10)52/h30-35,39-41,43-47,49,59,61H,2,23-28H2,1,3-22H3;25-30,34-36,38-42,44,50,54,56H,2,18-23H2,1,3-17H3/b54-42+;48-37+/t30-,31-,32+,33+,34-,35+,39+,40-,41?,43+,44-,45-,46-,47+,49+,51-,52-,53-;25-,26-,27+,28+,29-,30+,34+,35-,36?,38+,39-,40-,41-,42+,44+,45-,46-,47-/m11/s1. The van der Waals surface area contributed by atoms with E-state index in [0.29, 0.717) is 24.0 Å². The molecule has 38 nitrogen and oxygen atoms in total. The number of aliphatic hydroxyl groups excluding tert-OH is 3. The zero-order chi connectivity index (χ0) is 106. The van der Waals surface area contributed by atoms with Gasteiger partial charge in [0.2, 0.25) is 0 Å². The Hall–Kier alpha value is -6.00. The molecule has 802 valence electrons. The molecular weight excluding hydrogens is 1830 g/mol. The molecule has 139 heavy (non-hydrogen) atoms. The number of likely N-dealkylation sites (N-methyl/N-ethyl adjacent to an activating group) is 2. The largest absolute Gasteiger partial charge is 0.459 e. The highest BCUT2D eigenvalue weighted by Gasteiger charge is 2.60. The number of nitrogens with zero attached hydrogens (tertiary/aromatic N) is 4. The van der Waals surface area contributed by atoms with E-state index in [1.165, 1.54) is 69.6 Å². The summed E-state index contributed by atoms with van der Waals surface area (Å²) >= 11 is 0. The highest BCUT2D eigenvalue weighted by atomic mass is 28.4. The maximum atomic E-state index is 14.9. The molecule has 0 radical (unpaired) electrons. The molecule has 0 aromatic carbocycles. The zero-order valence-corrected chi connectivity index (χ0v) is 91.1. The summed E-state index contributed by atoms with van der Waals surface area (Å²) in [4.78, 5) is 119. The lowest BCUT2D eigenvalue weighted by Gasteiger charge is -2.50. The first kappa shape index (κ1) is 123. The number of hydrogen-bond donors (Lipinski definition) is 5. The van der Waals surface area contributed by atoms with E-state index in [2.05, 4.69) is 57.3 Å². The number of oxime groups is 2. The van der Waals surface area contributed by atoms with Gasteiger partial charge in [-0.3, -0.25) is 28.8 Å². The average Bonchev–Trinajstić information content (AvgIpc) is 0.758. The summed E-state index contributed by atoms with van der Waals surface area (Å²) in [7, 11) is 8.22. The second-order valence-corrected chi connectivity index (χ2v) is 47.7. The molecule has 5 N–H and O–H groups in total. The van der Waals surface area contributed by atoms with Gasteiger partial charge in [0.25, 0.3) is 0 Å². The van der Waals surface area contributed by atoms with Crippen molar-refractivity contribution in [1.29, 1.82) is 0 Å². The van der Waals surface area contributed by atoms with Crippen molar-refractivity contribution >= 4 is 67.5 Å². The van der Waals surface area contributed by atoms with E-state index in [1.54, 1.807) is 90.0 Å². The van der Waals surface area contributed by atoms with Crippen molar-refractivity contribution in [2.75, 3.05) is 68.8 Å². The lowest BCUT2D eigenvalue weighted by molar-refractivity contribution is -0.321. The first-order chi connectivity index (χ1) is 64.0. The van der Waals surface area contributed by atoms with Crippen molar-refractivity contribution in [3.05, 3.63) is 24.3 Å². The van der Waals surface area contributed by atoms with Crippen LogP contribution in [0.1, 0.15) is 252 Å². The molecule has 6 aliphatic heterocycles. The lowest BCUT2D eigenvalue weighted by Crippen LogP contribution is -2.62. The van der Waals surface area contributed by atoms with Gasteiger partial charge in [0.15, 0.2) is 57.9 Å². The Morgan fingerprint density at radius 3 is 1.09 bits per heavy atom. The van der Waals surface area contributed by atoms with Gasteiger partial charge in [-0.15, -0.1) is 0 Å². The second-order valence-electron chi connectivity index (χ2n) is 42.9. The number of carbonyl (C=O) groups is 8. The van der Waals surface area contributed by atoms with Crippen molar-refractivity contribution in [2.24, 2.45) is 57.7 Å². The highest BCUT2D eigenvalue weighted by Crippen LogP contribution is 2.48. The molecule has 6 fully saturated rings. The molecule has 2 unspecified atom stereocenters. The maximum Gasteiger partial charge on any atom is 0.331 e. The normalized spacial score (nSPS) is 40.1. The van der Waals surface area contributed by atoms with E-state index in [0.717, 1.165) is 0 Å². The minimum atomic E-state index is -2.26. The topological polar surface area (TPSA) is 463 Å². The van der Waals surface area contributed by atoms with Crippen LogP contribution in [-0.2, 0) is 138 Å². The Morgan fingerprint density at radius 2 is 0.799 bits per heavy atom. The van der Waals surface area contributed by atoms with Gasteiger partial charge < -0.3 is 135 Å². The molecule has 36 atom stereocenters. The third-order valence-corrected chi connectivity index (χ3v) is 33.7. The Balaban J connectivity index is 0.000000493. The average molecular weight is 2000 g/mol. The number of rotatable bonds is 30. The lowest BCUT2D eigenvalue weighted by atomic mass is 9.73. The number of methoxy groups -OCH3 is 2. The smallest absolute Gasteiger partial charge is 0.331 e. The first-order valence-corrected chi connectivity index (χ1v) is 51.9. The summed E-state index contributed by atoms with van der Waals surface area (Å²) < 4.78 is 123. The predicted octanol–water partition coefficient (Wildman–Crippen LogP) is 10.7. The molecule has 6 rings (SSSR count). The van der Waals surface area contributed by atoms with E-state index >= 15 is 0 Å². The molecule has 0 bridgehead atoms. The van der Waals surface area contributed by atoms with Crippen LogP contribution in [0.3, 0.4) is 0 Å². The van der Waals surface area contributed by atoms with Crippen LogP contribution >= 0.6 is 0 Å². The molecular formula is C100H174N4O34Si. The molecule has 0 aromatic rings. The summed E-state index contributed by atoms with van der Waals surface area (Å²) in [6.45, 7) is 60.6. The van der Waals surface area contributed by atoms with Crippen LogP contribution in [0.2, 0.25) is 18.1 Å². The quantitative estimate of drug-likeness (QED) is 0.0111. The minimum absolute atomic E-state index is 0.00313. The minimum Gasteiger partial charge on any atom is -0.459 e. The molecule has 0 saturated carbocycles. The Labute approximate surface area is 826 Å². The van der Waals surface area contributed by atoms with Crippen LogP contribution < -0.4 is 0 Å². The van der Waals surface area contributed by atoms with E-state index < -0.39 is 254 Å². The fourth-order valence-electron chi connectivity index (χ4n) is 20.2. The molecule has 6 heterocycles. The molecule has 0 aliphatic carbocycles. The number of esters is 6. The zero-order valence-electron chi connectivity index (χ0n) is 90.1. The van der Waals surface area contributed by atoms with Crippen molar-refractivity contribution in [1.82, 2.24) is 9.80 Å². The number of hydrogen-bond acceptors (Lipinski definition) is 38. The van der Waals surface area contributed by atoms with E-state index in [-0.39, 0.29) is 99.1 Å². The Kier molecular flexibility index (Phi) is 46.1. The number of cyclic esters (lactones) is 2. The van der Waals surface area contributed by atoms with Gasteiger partial charge >= 0.3 is 47.8 Å².